The average Bonchev–Trinajstić information content (AvgIpc) is 2.90. The zero-order chi connectivity index (χ0) is 14.4. The SMILES string of the molecule is C=CCN(CCc1ccccc1)C(=O)[C@H]1CC[C@@H](N)C1. The first-order chi connectivity index (χ1) is 9.70. The van der Waals surface area contributed by atoms with Crippen LogP contribution in [-0.2, 0) is 11.2 Å². The minimum atomic E-state index is 0.112. The first-order valence-electron chi connectivity index (χ1n) is 7.40. The van der Waals surface area contributed by atoms with Gasteiger partial charge in [0.1, 0.15) is 0 Å². The Bertz CT molecular complexity index is 444. The third-order valence-corrected chi connectivity index (χ3v) is 4.00. The molecule has 1 amide bonds. The Kier molecular flexibility index (Phi) is 5.36. The second-order valence-electron chi connectivity index (χ2n) is 5.58. The third kappa shape index (κ3) is 3.94. The van der Waals surface area contributed by atoms with Gasteiger partial charge in [0.05, 0.1) is 0 Å². The van der Waals surface area contributed by atoms with Crippen molar-refractivity contribution in [2.24, 2.45) is 11.7 Å². The van der Waals surface area contributed by atoms with Crippen molar-refractivity contribution in [2.75, 3.05) is 13.1 Å². The van der Waals surface area contributed by atoms with Crippen molar-refractivity contribution in [3.8, 4) is 0 Å². The Balaban J connectivity index is 1.92. The van der Waals surface area contributed by atoms with Crippen LogP contribution in [0.25, 0.3) is 0 Å². The van der Waals surface area contributed by atoms with Gasteiger partial charge in [0.15, 0.2) is 0 Å². The molecule has 0 aliphatic heterocycles. The molecule has 1 aliphatic rings. The van der Waals surface area contributed by atoms with Crippen LogP contribution in [-0.4, -0.2) is 29.9 Å². The van der Waals surface area contributed by atoms with Gasteiger partial charge in [0.25, 0.3) is 0 Å². The Morgan fingerprint density at radius 3 is 2.70 bits per heavy atom. The van der Waals surface area contributed by atoms with E-state index in [1.54, 1.807) is 6.08 Å². The lowest BCUT2D eigenvalue weighted by molar-refractivity contribution is -0.134. The number of amides is 1. The Hall–Kier alpha value is -1.61. The monoisotopic (exact) mass is 272 g/mol. The molecule has 1 aliphatic carbocycles. The van der Waals surface area contributed by atoms with Crippen molar-refractivity contribution < 1.29 is 4.79 Å². The number of nitrogens with two attached hydrogens (primary N) is 1. The summed E-state index contributed by atoms with van der Waals surface area (Å²) < 4.78 is 0. The van der Waals surface area contributed by atoms with Gasteiger partial charge in [-0.05, 0) is 31.2 Å². The number of benzene rings is 1. The molecular weight excluding hydrogens is 248 g/mol. The highest BCUT2D eigenvalue weighted by Gasteiger charge is 2.30. The molecule has 2 atom stereocenters. The highest BCUT2D eigenvalue weighted by molar-refractivity contribution is 5.79. The fourth-order valence-electron chi connectivity index (χ4n) is 2.85. The molecule has 0 aromatic heterocycles. The van der Waals surface area contributed by atoms with Gasteiger partial charge < -0.3 is 10.6 Å². The van der Waals surface area contributed by atoms with Crippen LogP contribution >= 0.6 is 0 Å². The van der Waals surface area contributed by atoms with Gasteiger partial charge in [-0.3, -0.25) is 4.79 Å². The highest BCUT2D eigenvalue weighted by atomic mass is 16.2. The maximum atomic E-state index is 12.5. The lowest BCUT2D eigenvalue weighted by atomic mass is 10.1. The quantitative estimate of drug-likeness (QED) is 0.808. The maximum Gasteiger partial charge on any atom is 0.226 e. The summed E-state index contributed by atoms with van der Waals surface area (Å²) in [5.41, 5.74) is 7.17. The van der Waals surface area contributed by atoms with Crippen molar-refractivity contribution in [1.29, 1.82) is 0 Å². The molecule has 1 aromatic rings. The van der Waals surface area contributed by atoms with Crippen LogP contribution in [0, 0.1) is 5.92 Å². The molecule has 0 spiro atoms. The molecule has 0 heterocycles. The molecule has 3 nitrogen and oxygen atoms in total. The summed E-state index contributed by atoms with van der Waals surface area (Å²) in [6.45, 7) is 5.13. The van der Waals surface area contributed by atoms with Gasteiger partial charge in [-0.1, -0.05) is 36.4 Å². The normalized spacial score (nSPS) is 21.6. The van der Waals surface area contributed by atoms with E-state index in [1.807, 2.05) is 23.1 Å². The minimum absolute atomic E-state index is 0.112. The van der Waals surface area contributed by atoms with Crippen molar-refractivity contribution in [3.63, 3.8) is 0 Å². The maximum absolute atomic E-state index is 12.5. The zero-order valence-corrected chi connectivity index (χ0v) is 12.0. The van der Waals surface area contributed by atoms with Gasteiger partial charge in [-0.15, -0.1) is 6.58 Å². The molecule has 2 N–H and O–H groups in total. The summed E-state index contributed by atoms with van der Waals surface area (Å²) in [4.78, 5) is 14.4. The number of carbonyl (C=O) groups excluding carboxylic acids is 1. The summed E-state index contributed by atoms with van der Waals surface area (Å²) in [7, 11) is 0. The molecule has 0 saturated heterocycles. The molecule has 0 bridgehead atoms. The van der Waals surface area contributed by atoms with E-state index < -0.39 is 0 Å². The number of rotatable bonds is 6. The van der Waals surface area contributed by atoms with Crippen LogP contribution < -0.4 is 5.73 Å². The average molecular weight is 272 g/mol. The molecule has 0 unspecified atom stereocenters. The fraction of sp³-hybridized carbons (Fsp3) is 0.471. The lowest BCUT2D eigenvalue weighted by Gasteiger charge is -2.24. The second kappa shape index (κ2) is 7.25. The number of hydrogen-bond acceptors (Lipinski definition) is 2. The van der Waals surface area contributed by atoms with Gasteiger partial charge in [-0.25, -0.2) is 0 Å². The van der Waals surface area contributed by atoms with Gasteiger partial charge in [0.2, 0.25) is 5.91 Å². The van der Waals surface area contributed by atoms with E-state index in [-0.39, 0.29) is 17.9 Å². The van der Waals surface area contributed by atoms with Gasteiger partial charge in [-0.2, -0.15) is 0 Å². The summed E-state index contributed by atoms with van der Waals surface area (Å²) >= 11 is 0. The predicted molar refractivity (Wildman–Crippen MR) is 82.2 cm³/mol. The van der Waals surface area contributed by atoms with Gasteiger partial charge in [0, 0.05) is 25.0 Å². The molecule has 1 saturated carbocycles. The number of nitrogens with zero attached hydrogens (tertiary/aromatic N) is 1. The summed E-state index contributed by atoms with van der Waals surface area (Å²) in [6, 6.07) is 10.5. The second-order valence-corrected chi connectivity index (χ2v) is 5.58. The van der Waals surface area contributed by atoms with Gasteiger partial charge >= 0.3 is 0 Å². The van der Waals surface area contributed by atoms with E-state index in [0.717, 1.165) is 32.2 Å². The van der Waals surface area contributed by atoms with Crippen molar-refractivity contribution >= 4 is 5.91 Å². The van der Waals surface area contributed by atoms with Crippen LogP contribution in [0.3, 0.4) is 0 Å². The van der Waals surface area contributed by atoms with Crippen LogP contribution in [0.2, 0.25) is 0 Å². The van der Waals surface area contributed by atoms with E-state index in [4.69, 9.17) is 5.73 Å². The number of hydrogen-bond donors (Lipinski definition) is 1. The predicted octanol–water partition coefficient (Wildman–Crippen LogP) is 2.37. The van der Waals surface area contributed by atoms with Crippen molar-refractivity contribution in [2.45, 2.75) is 31.7 Å². The molecule has 0 radical (unpaired) electrons. The smallest absolute Gasteiger partial charge is 0.226 e. The van der Waals surface area contributed by atoms with E-state index in [1.165, 1.54) is 5.56 Å². The van der Waals surface area contributed by atoms with Crippen LogP contribution in [0.15, 0.2) is 43.0 Å². The van der Waals surface area contributed by atoms with E-state index in [2.05, 4.69) is 18.7 Å². The fourth-order valence-corrected chi connectivity index (χ4v) is 2.85. The van der Waals surface area contributed by atoms with Crippen molar-refractivity contribution in [1.82, 2.24) is 4.90 Å². The number of carbonyl (C=O) groups is 1. The van der Waals surface area contributed by atoms with E-state index in [9.17, 15) is 4.79 Å². The summed E-state index contributed by atoms with van der Waals surface area (Å²) in [5.74, 6) is 0.356. The third-order valence-electron chi connectivity index (χ3n) is 4.00. The molecule has 1 fully saturated rings. The molecule has 1 aromatic carbocycles. The Morgan fingerprint density at radius 1 is 1.35 bits per heavy atom. The van der Waals surface area contributed by atoms with E-state index >= 15 is 0 Å². The molecular formula is C17H24N2O. The Labute approximate surface area is 121 Å². The highest BCUT2D eigenvalue weighted by Crippen LogP contribution is 2.26. The zero-order valence-electron chi connectivity index (χ0n) is 12.0. The van der Waals surface area contributed by atoms with Crippen LogP contribution in [0.5, 0.6) is 0 Å². The topological polar surface area (TPSA) is 46.3 Å². The molecule has 20 heavy (non-hydrogen) atoms. The first kappa shape index (κ1) is 14.8. The van der Waals surface area contributed by atoms with Crippen molar-refractivity contribution in [3.05, 3.63) is 48.6 Å². The largest absolute Gasteiger partial charge is 0.338 e. The standard InChI is InChI=1S/C17H24N2O/c1-2-11-19(12-10-14-6-4-3-5-7-14)17(20)15-8-9-16(18)13-15/h2-7,15-16H,1,8-13,18H2/t15-,16+/m0/s1. The summed E-state index contributed by atoms with van der Waals surface area (Å²) in [6.07, 6.45) is 5.42. The first-order valence-corrected chi connectivity index (χ1v) is 7.40. The molecule has 108 valence electrons. The van der Waals surface area contributed by atoms with Crippen LogP contribution in [0.1, 0.15) is 24.8 Å². The lowest BCUT2D eigenvalue weighted by Crippen LogP contribution is -2.37. The van der Waals surface area contributed by atoms with E-state index in [0.29, 0.717) is 6.54 Å². The minimum Gasteiger partial charge on any atom is -0.338 e. The summed E-state index contributed by atoms with van der Waals surface area (Å²) in [5, 5.41) is 0. The van der Waals surface area contributed by atoms with Crippen LogP contribution in [0.4, 0.5) is 0 Å². The Morgan fingerprint density at radius 2 is 2.10 bits per heavy atom. The molecule has 2 rings (SSSR count). The molecule has 3 heteroatoms.